The first-order chi connectivity index (χ1) is 7.41. The molecule has 3 fully saturated rings. The predicted octanol–water partition coefficient (Wildman–Crippen LogP) is -1.46. The molecule has 3 heterocycles. The van der Waals surface area contributed by atoms with Crippen LogP contribution in [0.2, 0.25) is 0 Å². The summed E-state index contributed by atoms with van der Waals surface area (Å²) in [6.07, 6.45) is 0. The van der Waals surface area contributed by atoms with Gasteiger partial charge in [-0.05, 0) is 0 Å². The lowest BCUT2D eigenvalue weighted by molar-refractivity contribution is -1.06. The number of halogens is 6. The van der Waals surface area contributed by atoms with Gasteiger partial charge < -0.3 is 35.7 Å². The Bertz CT molecular complexity index is 133. The molecule has 0 amide bonds. The molecule has 3 aliphatic rings. The molecule has 0 saturated carbocycles. The Morgan fingerprint density at radius 2 is 0.625 bits per heavy atom. The van der Waals surface area contributed by atoms with Crippen LogP contribution in [0.4, 0.5) is 25.9 Å². The maximum atomic E-state index is 9.67. The molecule has 2 nitrogen and oxygen atoms in total. The highest BCUT2D eigenvalue weighted by Gasteiger charge is 2.29. The van der Waals surface area contributed by atoms with Crippen molar-refractivity contribution in [3.05, 3.63) is 0 Å². The Morgan fingerprint density at radius 1 is 0.500 bits per heavy atom. The molecule has 0 aromatic carbocycles. The summed E-state index contributed by atoms with van der Waals surface area (Å²) in [5.74, 6) is 0. The second-order valence-corrected chi connectivity index (χ2v) is 3.49. The molecule has 0 unspecified atom stereocenters. The van der Waals surface area contributed by atoms with Crippen molar-refractivity contribution >= 4 is 15.1 Å². The molecule has 2 N–H and O–H groups in total. The summed E-state index contributed by atoms with van der Waals surface area (Å²) in [5, 5.41) is 0. The van der Waals surface area contributed by atoms with Gasteiger partial charge in [-0.25, -0.2) is 0 Å². The number of piperazine rings is 3. The average molecular weight is 250 g/mol. The highest BCUT2D eigenvalue weighted by atomic mass is 19.4. The monoisotopic (exact) mass is 250 g/mol. The standard InChI is InChI=1S/C6H12N2.2BF3/c1-2-8-5-3-7(1)4-6-8;2*2-1(3)4/h1-6H2;;/q;2*-1/p+2. The third-order valence-electron chi connectivity index (χ3n) is 2.50. The Labute approximate surface area is 91.0 Å². The Balaban J connectivity index is 0.000000244. The normalized spacial score (nSPS) is 27.0. The summed E-state index contributed by atoms with van der Waals surface area (Å²) in [5.41, 5.74) is 0. The minimum atomic E-state index is -3.67. The van der Waals surface area contributed by atoms with Crippen LogP contribution in [0.25, 0.3) is 0 Å². The molecule has 3 saturated heterocycles. The van der Waals surface area contributed by atoms with Crippen molar-refractivity contribution in [2.24, 2.45) is 0 Å². The van der Waals surface area contributed by atoms with E-state index < -0.39 is 15.1 Å². The maximum Gasteiger partial charge on any atom is 0.414 e. The fraction of sp³-hybridized carbons (Fsp3) is 1.00. The van der Waals surface area contributed by atoms with E-state index in [0.717, 1.165) is 0 Å². The van der Waals surface area contributed by atoms with Crippen LogP contribution in [0.1, 0.15) is 0 Å². The van der Waals surface area contributed by atoms with E-state index in [1.54, 1.807) is 0 Å². The summed E-state index contributed by atoms with van der Waals surface area (Å²) in [7, 11) is -7.33. The van der Waals surface area contributed by atoms with Crippen molar-refractivity contribution in [2.45, 2.75) is 0 Å². The highest BCUT2D eigenvalue weighted by Crippen LogP contribution is 1.80. The lowest BCUT2D eigenvalue weighted by Gasteiger charge is -2.35. The molecule has 0 atom stereocenters. The van der Waals surface area contributed by atoms with Crippen molar-refractivity contribution < 1.29 is 35.7 Å². The van der Waals surface area contributed by atoms with Crippen molar-refractivity contribution in [1.82, 2.24) is 0 Å². The zero-order valence-electron chi connectivity index (χ0n) is 8.67. The van der Waals surface area contributed by atoms with E-state index >= 15 is 0 Å². The first-order valence-corrected chi connectivity index (χ1v) is 4.93. The van der Waals surface area contributed by atoms with Crippen LogP contribution in [0, 0.1) is 0 Å². The van der Waals surface area contributed by atoms with Crippen molar-refractivity contribution in [2.75, 3.05) is 39.3 Å². The van der Waals surface area contributed by atoms with Gasteiger partial charge >= 0.3 is 15.1 Å². The van der Waals surface area contributed by atoms with Gasteiger partial charge in [0.25, 0.3) is 0 Å². The second kappa shape index (κ2) is 8.74. The summed E-state index contributed by atoms with van der Waals surface area (Å²) in [4.78, 5) is 3.69. The van der Waals surface area contributed by atoms with Gasteiger partial charge in [0.2, 0.25) is 0 Å². The largest absolute Gasteiger partial charge is 0.471 e. The van der Waals surface area contributed by atoms with E-state index in [1.165, 1.54) is 39.3 Å². The molecule has 2 radical (unpaired) electrons. The summed E-state index contributed by atoms with van der Waals surface area (Å²) < 4.78 is 58.0. The molecular weight excluding hydrogens is 236 g/mol. The fourth-order valence-electron chi connectivity index (χ4n) is 1.81. The number of hydrogen-bond donors (Lipinski definition) is 2. The van der Waals surface area contributed by atoms with E-state index in [-0.39, 0.29) is 0 Å². The number of fused-ring (bicyclic) bond motifs is 3. The molecule has 2 bridgehead atoms. The van der Waals surface area contributed by atoms with E-state index in [4.69, 9.17) is 0 Å². The third-order valence-corrected chi connectivity index (χ3v) is 2.50. The molecule has 0 aromatic rings. The fourth-order valence-corrected chi connectivity index (χ4v) is 1.81. The molecule has 10 heteroatoms. The number of nitrogens with one attached hydrogen (secondary N) is 2. The Kier molecular flexibility index (Phi) is 8.54. The van der Waals surface area contributed by atoms with Crippen LogP contribution < -0.4 is 9.80 Å². The molecule has 16 heavy (non-hydrogen) atoms. The maximum absolute atomic E-state index is 9.67. The molecule has 3 rings (SSSR count). The van der Waals surface area contributed by atoms with Crippen molar-refractivity contribution in [1.29, 1.82) is 0 Å². The summed E-state index contributed by atoms with van der Waals surface area (Å²) >= 11 is 0. The summed E-state index contributed by atoms with van der Waals surface area (Å²) in [6, 6.07) is 0. The van der Waals surface area contributed by atoms with Crippen LogP contribution in [-0.4, -0.2) is 54.4 Å². The minimum absolute atomic E-state index is 1.44. The third kappa shape index (κ3) is 10.2. The van der Waals surface area contributed by atoms with Gasteiger partial charge in [0.15, 0.2) is 0 Å². The topological polar surface area (TPSA) is 8.88 Å². The molecular formula is C6H14B2F6N2. The van der Waals surface area contributed by atoms with Gasteiger partial charge in [-0.2, -0.15) is 0 Å². The zero-order chi connectivity index (χ0) is 12.6. The molecule has 3 aliphatic heterocycles. The van der Waals surface area contributed by atoms with Gasteiger partial charge in [0.05, 0.1) is 0 Å². The molecule has 0 spiro atoms. The first kappa shape index (κ1) is 15.6. The molecule has 0 aromatic heterocycles. The lowest BCUT2D eigenvalue weighted by Crippen LogP contribution is -3.35. The number of quaternary nitrogens is 2. The average Bonchev–Trinajstić information content (AvgIpc) is 2.19. The zero-order valence-corrected chi connectivity index (χ0v) is 8.67. The summed E-state index contributed by atoms with van der Waals surface area (Å²) in [6.45, 7) is 8.64. The van der Waals surface area contributed by atoms with Gasteiger partial charge in [0, 0.05) is 0 Å². The van der Waals surface area contributed by atoms with Crippen LogP contribution in [0.15, 0.2) is 0 Å². The van der Waals surface area contributed by atoms with Gasteiger partial charge in [-0.1, -0.05) is 0 Å². The molecule has 96 valence electrons. The van der Waals surface area contributed by atoms with Crippen molar-refractivity contribution in [3.8, 4) is 0 Å². The highest BCUT2D eigenvalue weighted by molar-refractivity contribution is 6.33. The lowest BCUT2D eigenvalue weighted by atomic mass is 10.2. The predicted molar refractivity (Wildman–Crippen MR) is 49.3 cm³/mol. The quantitative estimate of drug-likeness (QED) is 0.384. The van der Waals surface area contributed by atoms with E-state index in [9.17, 15) is 25.9 Å². The van der Waals surface area contributed by atoms with Crippen LogP contribution in [0.5, 0.6) is 0 Å². The second-order valence-electron chi connectivity index (χ2n) is 3.49. The van der Waals surface area contributed by atoms with Gasteiger partial charge in [-0.3, -0.25) is 0 Å². The van der Waals surface area contributed by atoms with Crippen LogP contribution >= 0.6 is 0 Å². The van der Waals surface area contributed by atoms with Crippen LogP contribution in [-0.2, 0) is 0 Å². The van der Waals surface area contributed by atoms with E-state index in [2.05, 4.69) is 0 Å². The van der Waals surface area contributed by atoms with Gasteiger partial charge in [-0.15, -0.1) is 0 Å². The Morgan fingerprint density at radius 3 is 0.688 bits per heavy atom. The van der Waals surface area contributed by atoms with Gasteiger partial charge in [0.1, 0.15) is 39.3 Å². The first-order valence-electron chi connectivity index (χ1n) is 4.93. The SMILES string of the molecule is C1C[NH+]2CC[NH+]1CC2.F[B-](F)F.F[B-](F)F. The van der Waals surface area contributed by atoms with E-state index in [1.807, 2.05) is 9.80 Å². The smallest absolute Gasteiger partial charge is 0.414 e. The number of hydrogen-bond acceptors (Lipinski definition) is 0. The van der Waals surface area contributed by atoms with Crippen LogP contribution in [0.3, 0.4) is 0 Å². The minimum Gasteiger partial charge on any atom is -0.471 e. The Hall–Kier alpha value is -0.370. The van der Waals surface area contributed by atoms with Crippen molar-refractivity contribution in [3.63, 3.8) is 0 Å². The van der Waals surface area contributed by atoms with E-state index in [0.29, 0.717) is 0 Å². The number of rotatable bonds is 0. The molecule has 0 aliphatic carbocycles.